The van der Waals surface area contributed by atoms with Crippen molar-refractivity contribution in [2.45, 2.75) is 45.1 Å². The number of carboxylic acid groups (broad SMARTS) is 1. The van der Waals surface area contributed by atoms with Gasteiger partial charge in [0.2, 0.25) is 11.8 Å². The van der Waals surface area contributed by atoms with Crippen LogP contribution in [0.25, 0.3) is 0 Å². The number of allylic oxidation sites excluding steroid dienone is 1. The molecule has 27 heavy (non-hydrogen) atoms. The maximum atomic E-state index is 12.8. The zero-order valence-corrected chi connectivity index (χ0v) is 15.9. The number of hydrogen-bond acceptors (Lipinski definition) is 4. The molecule has 0 unspecified atom stereocenters. The molecule has 0 spiro atoms. The minimum absolute atomic E-state index is 0.0231. The molecule has 0 radical (unpaired) electrons. The first-order chi connectivity index (χ1) is 12.9. The van der Waals surface area contributed by atoms with E-state index in [4.69, 9.17) is 11.5 Å². The van der Waals surface area contributed by atoms with Gasteiger partial charge in [-0.2, -0.15) is 0 Å². The van der Waals surface area contributed by atoms with Crippen LogP contribution in [-0.4, -0.2) is 60.0 Å². The summed E-state index contributed by atoms with van der Waals surface area (Å²) in [7, 11) is 0. The molecule has 2 atom stereocenters. The predicted molar refractivity (Wildman–Crippen MR) is 102 cm³/mol. The molecule has 7 nitrogen and oxygen atoms in total. The maximum Gasteiger partial charge on any atom is 0.306 e. The minimum atomic E-state index is -1.06. The van der Waals surface area contributed by atoms with Crippen molar-refractivity contribution < 1.29 is 19.5 Å². The molecule has 2 aliphatic rings. The number of carbonyl (C=O) groups is 3. The van der Waals surface area contributed by atoms with Crippen LogP contribution in [0.15, 0.2) is 11.6 Å². The Morgan fingerprint density at radius 3 is 2.67 bits per heavy atom. The van der Waals surface area contributed by atoms with Crippen molar-refractivity contribution in [3.63, 3.8) is 0 Å². The van der Waals surface area contributed by atoms with Gasteiger partial charge in [-0.3, -0.25) is 14.4 Å². The molecular formula is C20H29N3O4. The summed E-state index contributed by atoms with van der Waals surface area (Å²) in [4.78, 5) is 37.7. The Kier molecular flexibility index (Phi) is 7.86. The number of carboxylic acids is 1. The Balaban J connectivity index is 1.93. The quantitative estimate of drug-likeness (QED) is 0.470. The normalized spacial score (nSPS) is 22.6. The van der Waals surface area contributed by atoms with Crippen molar-refractivity contribution in [2.24, 2.45) is 11.8 Å². The van der Waals surface area contributed by atoms with Gasteiger partial charge in [0.15, 0.2) is 0 Å². The van der Waals surface area contributed by atoms with Crippen LogP contribution in [0.3, 0.4) is 0 Å². The van der Waals surface area contributed by atoms with Gasteiger partial charge < -0.3 is 20.6 Å². The molecule has 2 rings (SSSR count). The minimum Gasteiger partial charge on any atom is -0.481 e. The molecule has 2 fully saturated rings. The zero-order valence-electron chi connectivity index (χ0n) is 15.9. The number of aliphatic carboxylic acids is 1. The summed E-state index contributed by atoms with van der Waals surface area (Å²) in [5.74, 6) is 0.992. The molecule has 148 valence electrons. The van der Waals surface area contributed by atoms with Gasteiger partial charge >= 0.3 is 5.97 Å². The molecule has 0 aromatic carbocycles. The molecule has 0 aromatic rings. The summed E-state index contributed by atoms with van der Waals surface area (Å²) in [6, 6.07) is -0.831. The largest absolute Gasteiger partial charge is 0.481 e. The molecule has 2 amide bonds. The highest BCUT2D eigenvalue weighted by molar-refractivity contribution is 5.93. The monoisotopic (exact) mass is 375 g/mol. The summed E-state index contributed by atoms with van der Waals surface area (Å²) < 4.78 is 0. The molecule has 0 aliphatic carbocycles. The molecule has 0 saturated carbocycles. The van der Waals surface area contributed by atoms with E-state index in [1.54, 1.807) is 4.90 Å². The average molecular weight is 375 g/mol. The number of nitrogens with zero attached hydrogens (tertiary/aromatic N) is 1. The number of likely N-dealkylation sites (tertiary alicyclic amines) is 1. The topological polar surface area (TPSA) is 98.7 Å². The summed E-state index contributed by atoms with van der Waals surface area (Å²) in [5, 5.41) is 14.8. The van der Waals surface area contributed by atoms with Crippen LogP contribution < -0.4 is 10.6 Å². The number of terminal acetylenes is 1. The third-order valence-electron chi connectivity index (χ3n) is 5.18. The fraction of sp³-hybridized carbons (Fsp3) is 0.650. The Hall–Kier alpha value is -2.33. The Bertz CT molecular complexity index is 632. The Labute approximate surface area is 160 Å². The number of piperidine rings is 2. The number of hydrogen-bond donors (Lipinski definition) is 3. The van der Waals surface area contributed by atoms with Crippen LogP contribution in [0.1, 0.15) is 39.0 Å². The highest BCUT2D eigenvalue weighted by atomic mass is 16.4. The van der Waals surface area contributed by atoms with E-state index >= 15 is 0 Å². The van der Waals surface area contributed by atoms with Crippen molar-refractivity contribution >= 4 is 17.8 Å². The molecule has 2 saturated heterocycles. The van der Waals surface area contributed by atoms with Crippen LogP contribution in [0.2, 0.25) is 0 Å². The maximum absolute atomic E-state index is 12.8. The number of amides is 2. The second-order valence-corrected chi connectivity index (χ2v) is 7.35. The second kappa shape index (κ2) is 10.1. The SMILES string of the molecule is C#C[C@H](CC(=O)O)NC(=O)[C@@H]1CCCN(C(=O)/C(C)=C/C2CCNCC2)C1. The third kappa shape index (κ3) is 6.40. The van der Waals surface area contributed by atoms with E-state index in [2.05, 4.69) is 22.6 Å². The van der Waals surface area contributed by atoms with Crippen LogP contribution in [0.5, 0.6) is 0 Å². The molecule has 2 heterocycles. The lowest BCUT2D eigenvalue weighted by molar-refractivity contribution is -0.137. The van der Waals surface area contributed by atoms with E-state index in [1.165, 1.54) is 0 Å². The van der Waals surface area contributed by atoms with Crippen molar-refractivity contribution in [1.29, 1.82) is 0 Å². The number of carbonyl (C=O) groups excluding carboxylic acids is 2. The lowest BCUT2D eigenvalue weighted by Crippen LogP contribution is -2.48. The van der Waals surface area contributed by atoms with E-state index < -0.39 is 12.0 Å². The zero-order chi connectivity index (χ0) is 19.8. The van der Waals surface area contributed by atoms with E-state index in [0.717, 1.165) is 37.9 Å². The van der Waals surface area contributed by atoms with Crippen LogP contribution in [0, 0.1) is 24.2 Å². The lowest BCUT2D eigenvalue weighted by Gasteiger charge is -2.33. The Morgan fingerprint density at radius 1 is 1.33 bits per heavy atom. The average Bonchev–Trinajstić information content (AvgIpc) is 2.67. The molecule has 2 aliphatic heterocycles. The summed E-state index contributed by atoms with van der Waals surface area (Å²) in [5.41, 5.74) is 0.732. The highest BCUT2D eigenvalue weighted by Crippen LogP contribution is 2.21. The van der Waals surface area contributed by atoms with E-state index in [-0.39, 0.29) is 24.2 Å². The van der Waals surface area contributed by atoms with Gasteiger partial charge in [0.25, 0.3) is 0 Å². The predicted octanol–water partition coefficient (Wildman–Crippen LogP) is 0.764. The van der Waals surface area contributed by atoms with Crippen LogP contribution in [0.4, 0.5) is 0 Å². The fourth-order valence-corrected chi connectivity index (χ4v) is 3.68. The van der Waals surface area contributed by atoms with Crippen molar-refractivity contribution in [1.82, 2.24) is 15.5 Å². The Morgan fingerprint density at radius 2 is 2.04 bits per heavy atom. The van der Waals surface area contributed by atoms with Gasteiger partial charge in [0, 0.05) is 18.7 Å². The second-order valence-electron chi connectivity index (χ2n) is 7.35. The fourth-order valence-electron chi connectivity index (χ4n) is 3.68. The summed E-state index contributed by atoms with van der Waals surface area (Å²) in [6.45, 7) is 4.76. The third-order valence-corrected chi connectivity index (χ3v) is 5.18. The number of rotatable bonds is 6. The van der Waals surface area contributed by atoms with Crippen molar-refractivity contribution in [2.75, 3.05) is 26.2 Å². The highest BCUT2D eigenvalue weighted by Gasteiger charge is 2.30. The van der Waals surface area contributed by atoms with Crippen molar-refractivity contribution in [3.8, 4) is 12.3 Å². The first-order valence-electron chi connectivity index (χ1n) is 9.57. The van der Waals surface area contributed by atoms with Gasteiger partial charge in [-0.05, 0) is 51.6 Å². The van der Waals surface area contributed by atoms with E-state index in [0.29, 0.717) is 25.4 Å². The molecule has 3 N–H and O–H groups in total. The molecule has 7 heteroatoms. The van der Waals surface area contributed by atoms with E-state index in [1.807, 2.05) is 6.92 Å². The molecule has 0 aromatic heterocycles. The van der Waals surface area contributed by atoms with Crippen molar-refractivity contribution in [3.05, 3.63) is 11.6 Å². The van der Waals surface area contributed by atoms with Gasteiger partial charge in [0.1, 0.15) is 6.04 Å². The van der Waals surface area contributed by atoms with Crippen LogP contribution in [-0.2, 0) is 14.4 Å². The first-order valence-corrected chi connectivity index (χ1v) is 9.57. The smallest absolute Gasteiger partial charge is 0.306 e. The number of nitrogens with one attached hydrogen (secondary N) is 2. The summed E-state index contributed by atoms with van der Waals surface area (Å²) in [6.07, 6.45) is 10.5. The van der Waals surface area contributed by atoms with Crippen LogP contribution >= 0.6 is 0 Å². The lowest BCUT2D eigenvalue weighted by atomic mass is 9.94. The first kappa shape index (κ1) is 21.0. The molecular weight excluding hydrogens is 346 g/mol. The van der Waals surface area contributed by atoms with Gasteiger partial charge in [-0.15, -0.1) is 6.42 Å². The van der Waals surface area contributed by atoms with Gasteiger partial charge in [-0.1, -0.05) is 12.0 Å². The van der Waals surface area contributed by atoms with Gasteiger partial charge in [-0.25, -0.2) is 0 Å². The summed E-state index contributed by atoms with van der Waals surface area (Å²) >= 11 is 0. The van der Waals surface area contributed by atoms with E-state index in [9.17, 15) is 14.4 Å². The molecule has 0 bridgehead atoms. The van der Waals surface area contributed by atoms with Gasteiger partial charge in [0.05, 0.1) is 12.3 Å². The standard InChI is InChI=1S/C20H29N3O4/c1-3-17(12-18(24)25)22-19(26)16-5-4-10-23(13-16)20(27)14(2)11-15-6-8-21-9-7-15/h1,11,15-17,21H,4-10,12-13H2,2H3,(H,22,26)(H,24,25)/b14-11+/t16-,17-/m1/s1.